The van der Waals surface area contributed by atoms with Gasteiger partial charge in [0.15, 0.2) is 0 Å². The monoisotopic (exact) mass is 469 g/mol. The number of benzene rings is 1. The molecule has 0 spiro atoms. The van der Waals surface area contributed by atoms with E-state index in [4.69, 9.17) is 26.1 Å². The van der Waals surface area contributed by atoms with Crippen molar-refractivity contribution in [3.05, 3.63) is 53.4 Å². The smallest absolute Gasteiger partial charge is 0.411 e. The van der Waals surface area contributed by atoms with Crippen LogP contribution >= 0.6 is 11.6 Å². The number of piperazine rings is 1. The number of nitrogens with zero attached hydrogens (tertiary/aromatic N) is 5. The Labute approximate surface area is 198 Å². The normalized spacial score (nSPS) is 21.4. The van der Waals surface area contributed by atoms with Gasteiger partial charge in [-0.1, -0.05) is 23.7 Å². The van der Waals surface area contributed by atoms with Gasteiger partial charge < -0.3 is 9.47 Å². The van der Waals surface area contributed by atoms with E-state index in [0.29, 0.717) is 43.6 Å². The van der Waals surface area contributed by atoms with Crippen LogP contribution in [0.2, 0.25) is 5.02 Å². The third-order valence-electron chi connectivity index (χ3n) is 5.94. The average Bonchev–Trinajstić information content (AvgIpc) is 3.11. The number of fused-ring (bicyclic) bond motifs is 3. The molecule has 2 saturated heterocycles. The summed E-state index contributed by atoms with van der Waals surface area (Å²) in [6.07, 6.45) is 3.48. The number of ether oxygens (including phenoxy) is 2. The Balaban J connectivity index is 1.42. The molecule has 2 aliphatic rings. The fraction of sp³-hybridized carbons (Fsp3) is 0.458. The maximum absolute atomic E-state index is 12.9. The summed E-state index contributed by atoms with van der Waals surface area (Å²) in [6, 6.07) is 9.52. The van der Waals surface area contributed by atoms with E-state index >= 15 is 0 Å². The summed E-state index contributed by atoms with van der Waals surface area (Å²) in [5.41, 5.74) is 2.42. The van der Waals surface area contributed by atoms with Crippen molar-refractivity contribution in [2.45, 2.75) is 45.0 Å². The van der Waals surface area contributed by atoms with Gasteiger partial charge in [-0.15, -0.1) is 0 Å². The largest absolute Gasteiger partial charge is 0.444 e. The Morgan fingerprint density at radius 3 is 2.55 bits per heavy atom. The van der Waals surface area contributed by atoms with Crippen LogP contribution in [-0.4, -0.2) is 74.2 Å². The summed E-state index contributed by atoms with van der Waals surface area (Å²) in [5.74, 6) is 0.661. The van der Waals surface area contributed by atoms with Gasteiger partial charge in [-0.2, -0.15) is 0 Å². The van der Waals surface area contributed by atoms with E-state index in [1.165, 1.54) is 0 Å². The van der Waals surface area contributed by atoms with Gasteiger partial charge in [-0.25, -0.2) is 14.8 Å². The molecular weight excluding hydrogens is 442 g/mol. The molecular formula is C24H28ClN5O3. The zero-order valence-corrected chi connectivity index (χ0v) is 19.8. The highest BCUT2D eigenvalue weighted by Crippen LogP contribution is 2.29. The van der Waals surface area contributed by atoms with E-state index in [9.17, 15) is 4.79 Å². The third-order valence-corrected chi connectivity index (χ3v) is 6.20. The lowest BCUT2D eigenvalue weighted by Crippen LogP contribution is -2.66. The van der Waals surface area contributed by atoms with Gasteiger partial charge in [0.05, 0.1) is 36.7 Å². The van der Waals surface area contributed by atoms with Crippen LogP contribution < -0.4 is 0 Å². The van der Waals surface area contributed by atoms with E-state index in [1.807, 2.05) is 66.6 Å². The molecule has 2 atom stereocenters. The number of carbonyl (C=O) groups excluding carboxylic acids is 1. The van der Waals surface area contributed by atoms with E-state index in [2.05, 4.69) is 9.88 Å². The van der Waals surface area contributed by atoms with Gasteiger partial charge in [0.2, 0.25) is 5.78 Å². The molecule has 0 aliphatic carbocycles. The first kappa shape index (κ1) is 22.1. The summed E-state index contributed by atoms with van der Waals surface area (Å²) >= 11 is 6.11. The molecule has 2 aliphatic heterocycles. The Morgan fingerprint density at radius 2 is 1.88 bits per heavy atom. The van der Waals surface area contributed by atoms with Gasteiger partial charge in [0.25, 0.3) is 0 Å². The SMILES string of the molecule is CC(C)(C)OC(=O)N1C2COCC1CN(Cc1c(-c3ccc(Cl)cc3)nc3ncccn13)C2. The third kappa shape index (κ3) is 4.55. The second kappa shape index (κ2) is 8.59. The van der Waals surface area contributed by atoms with Crippen LogP contribution in [0.5, 0.6) is 0 Å². The molecule has 0 radical (unpaired) electrons. The molecule has 33 heavy (non-hydrogen) atoms. The van der Waals surface area contributed by atoms with Gasteiger partial charge in [-0.3, -0.25) is 14.2 Å². The summed E-state index contributed by atoms with van der Waals surface area (Å²) in [5, 5.41) is 0.688. The van der Waals surface area contributed by atoms with Crippen LogP contribution in [0.3, 0.4) is 0 Å². The number of carbonyl (C=O) groups is 1. The summed E-state index contributed by atoms with van der Waals surface area (Å²) < 4.78 is 13.5. The van der Waals surface area contributed by atoms with Crippen LogP contribution in [0, 0.1) is 0 Å². The molecule has 2 unspecified atom stereocenters. The maximum Gasteiger partial charge on any atom is 0.411 e. The predicted molar refractivity (Wildman–Crippen MR) is 125 cm³/mol. The highest BCUT2D eigenvalue weighted by Gasteiger charge is 2.43. The highest BCUT2D eigenvalue weighted by atomic mass is 35.5. The van der Waals surface area contributed by atoms with Gasteiger partial charge in [0, 0.05) is 42.6 Å². The van der Waals surface area contributed by atoms with Crippen molar-refractivity contribution in [1.82, 2.24) is 24.2 Å². The first-order valence-corrected chi connectivity index (χ1v) is 11.6. The molecule has 0 saturated carbocycles. The number of hydrogen-bond acceptors (Lipinski definition) is 6. The Bertz CT molecular complexity index is 1140. The number of aromatic nitrogens is 3. The molecule has 3 aromatic rings. The lowest BCUT2D eigenvalue weighted by atomic mass is 10.0. The van der Waals surface area contributed by atoms with E-state index in [1.54, 1.807) is 6.20 Å². The molecule has 174 valence electrons. The molecule has 2 fully saturated rings. The lowest BCUT2D eigenvalue weighted by molar-refractivity contribution is -0.0990. The minimum absolute atomic E-state index is 0.0522. The lowest BCUT2D eigenvalue weighted by Gasteiger charge is -2.49. The predicted octanol–water partition coefficient (Wildman–Crippen LogP) is 3.87. The van der Waals surface area contributed by atoms with Crippen molar-refractivity contribution in [1.29, 1.82) is 0 Å². The van der Waals surface area contributed by atoms with Crippen LogP contribution in [0.25, 0.3) is 17.0 Å². The number of morpholine rings is 1. The fourth-order valence-electron chi connectivity index (χ4n) is 4.63. The molecule has 5 rings (SSSR count). The number of halogens is 1. The van der Waals surface area contributed by atoms with Gasteiger partial charge in [0.1, 0.15) is 5.60 Å². The maximum atomic E-state index is 12.9. The Kier molecular flexibility index (Phi) is 5.76. The number of imidazole rings is 1. The van der Waals surface area contributed by atoms with E-state index in [-0.39, 0.29) is 18.2 Å². The van der Waals surface area contributed by atoms with Crippen molar-refractivity contribution in [2.75, 3.05) is 26.3 Å². The molecule has 8 nitrogen and oxygen atoms in total. The first-order chi connectivity index (χ1) is 15.8. The van der Waals surface area contributed by atoms with Crippen LogP contribution in [0.15, 0.2) is 42.7 Å². The standard InChI is InChI=1S/C24H28ClN5O3/c1-24(2,3)33-23(31)30-18-11-28(12-19(30)15-32-14-18)13-20-21(16-5-7-17(25)8-6-16)27-22-26-9-4-10-29(20)22/h4-10,18-19H,11-15H2,1-3H3. The molecule has 2 bridgehead atoms. The quantitative estimate of drug-likeness (QED) is 0.580. The minimum atomic E-state index is -0.527. The van der Waals surface area contributed by atoms with Crippen LogP contribution in [-0.2, 0) is 16.0 Å². The van der Waals surface area contributed by atoms with E-state index < -0.39 is 5.60 Å². The van der Waals surface area contributed by atoms with Crippen molar-refractivity contribution in [3.63, 3.8) is 0 Å². The van der Waals surface area contributed by atoms with Gasteiger partial charge in [-0.05, 0) is 39.0 Å². The van der Waals surface area contributed by atoms with Crippen molar-refractivity contribution >= 4 is 23.5 Å². The summed E-state index contributed by atoms with van der Waals surface area (Å²) in [7, 11) is 0. The molecule has 1 aromatic carbocycles. The number of rotatable bonds is 3. The average molecular weight is 470 g/mol. The minimum Gasteiger partial charge on any atom is -0.444 e. The van der Waals surface area contributed by atoms with Gasteiger partial charge >= 0.3 is 6.09 Å². The Morgan fingerprint density at radius 1 is 1.18 bits per heavy atom. The zero-order valence-electron chi connectivity index (χ0n) is 19.1. The fourth-order valence-corrected chi connectivity index (χ4v) is 4.76. The topological polar surface area (TPSA) is 72.2 Å². The van der Waals surface area contributed by atoms with E-state index in [0.717, 1.165) is 17.0 Å². The molecule has 2 aromatic heterocycles. The zero-order chi connectivity index (χ0) is 23.2. The second-order valence-electron chi connectivity index (χ2n) is 9.63. The molecule has 1 amide bonds. The van der Waals surface area contributed by atoms with Crippen LogP contribution in [0.4, 0.5) is 4.79 Å². The van der Waals surface area contributed by atoms with Crippen LogP contribution in [0.1, 0.15) is 26.5 Å². The van der Waals surface area contributed by atoms with Crippen molar-refractivity contribution < 1.29 is 14.3 Å². The summed E-state index contributed by atoms with van der Waals surface area (Å²) in [4.78, 5) is 26.4. The second-order valence-corrected chi connectivity index (χ2v) is 10.1. The molecule has 0 N–H and O–H groups in total. The number of hydrogen-bond donors (Lipinski definition) is 0. The van der Waals surface area contributed by atoms with Crippen molar-refractivity contribution in [2.24, 2.45) is 0 Å². The number of amides is 1. The summed E-state index contributed by atoms with van der Waals surface area (Å²) in [6.45, 7) is 8.77. The Hall–Kier alpha value is -2.68. The molecule has 9 heteroatoms. The van der Waals surface area contributed by atoms with Crippen molar-refractivity contribution in [3.8, 4) is 11.3 Å². The first-order valence-electron chi connectivity index (χ1n) is 11.2. The molecule has 4 heterocycles. The highest BCUT2D eigenvalue weighted by molar-refractivity contribution is 6.30.